The molecular formula is C30H22O2. The molecule has 0 radical (unpaired) electrons. The van der Waals surface area contributed by atoms with Gasteiger partial charge < -0.3 is 10.2 Å². The fraction of sp³-hybridized carbons (Fsp3) is 0.0667. The van der Waals surface area contributed by atoms with Crippen LogP contribution in [0.5, 0.6) is 0 Å². The van der Waals surface area contributed by atoms with E-state index in [-0.39, 0.29) is 0 Å². The van der Waals surface area contributed by atoms with Crippen LogP contribution in [0.4, 0.5) is 0 Å². The van der Waals surface area contributed by atoms with E-state index in [1.807, 2.05) is 48.5 Å². The topological polar surface area (TPSA) is 40.5 Å². The molecule has 0 fully saturated rings. The molecule has 0 aromatic heterocycles. The summed E-state index contributed by atoms with van der Waals surface area (Å²) in [6.07, 6.45) is 0. The summed E-state index contributed by atoms with van der Waals surface area (Å²) in [6, 6.07) is 36.8. The van der Waals surface area contributed by atoms with Crippen molar-refractivity contribution in [3.8, 4) is 0 Å². The highest BCUT2D eigenvalue weighted by Gasteiger charge is 2.34. The first-order valence-corrected chi connectivity index (χ1v) is 10.8. The van der Waals surface area contributed by atoms with Crippen molar-refractivity contribution in [2.24, 2.45) is 0 Å². The van der Waals surface area contributed by atoms with E-state index in [4.69, 9.17) is 0 Å². The highest BCUT2D eigenvalue weighted by atomic mass is 16.3. The van der Waals surface area contributed by atoms with Gasteiger partial charge in [0.05, 0.1) is 6.61 Å². The highest BCUT2D eigenvalue weighted by Crippen LogP contribution is 2.39. The van der Waals surface area contributed by atoms with E-state index >= 15 is 0 Å². The minimum atomic E-state index is -1.54. The Labute approximate surface area is 186 Å². The lowest BCUT2D eigenvalue weighted by atomic mass is 9.81. The minimum Gasteiger partial charge on any atom is -0.393 e. The molecule has 6 aromatic rings. The fourth-order valence-corrected chi connectivity index (χ4v) is 4.97. The summed E-state index contributed by atoms with van der Waals surface area (Å²) >= 11 is 0. The van der Waals surface area contributed by atoms with Gasteiger partial charge in [-0.2, -0.15) is 0 Å². The van der Waals surface area contributed by atoms with Crippen molar-refractivity contribution in [1.29, 1.82) is 0 Å². The molecule has 0 amide bonds. The van der Waals surface area contributed by atoms with Gasteiger partial charge in [0.15, 0.2) is 0 Å². The second-order valence-electron chi connectivity index (χ2n) is 8.47. The van der Waals surface area contributed by atoms with Crippen molar-refractivity contribution in [2.45, 2.75) is 5.60 Å². The number of rotatable bonds is 3. The van der Waals surface area contributed by atoms with E-state index in [2.05, 4.69) is 60.7 Å². The van der Waals surface area contributed by atoms with Gasteiger partial charge in [-0.25, -0.2) is 0 Å². The van der Waals surface area contributed by atoms with Gasteiger partial charge in [0.25, 0.3) is 0 Å². The second-order valence-corrected chi connectivity index (χ2v) is 8.47. The van der Waals surface area contributed by atoms with Crippen LogP contribution in [0.2, 0.25) is 0 Å². The third-order valence-corrected chi connectivity index (χ3v) is 6.61. The van der Waals surface area contributed by atoms with Crippen LogP contribution in [0, 0.1) is 0 Å². The van der Waals surface area contributed by atoms with Crippen LogP contribution < -0.4 is 0 Å². The molecule has 0 aliphatic carbocycles. The standard InChI is InChI=1S/C30H22O2/c31-19-30(32,28-13-5-11-24-15-20-7-1-3-9-22(20)17-26(24)28)29-14-6-12-25-16-21-8-2-4-10-23(21)18-27(25)29/h1-18,31-32H,19H2. The predicted molar refractivity (Wildman–Crippen MR) is 133 cm³/mol. The molecule has 2 N–H and O–H groups in total. The molecule has 154 valence electrons. The molecule has 0 unspecified atom stereocenters. The van der Waals surface area contributed by atoms with E-state index < -0.39 is 12.2 Å². The zero-order chi connectivity index (χ0) is 21.7. The van der Waals surface area contributed by atoms with Gasteiger partial charge >= 0.3 is 0 Å². The van der Waals surface area contributed by atoms with E-state index in [0.29, 0.717) is 11.1 Å². The Kier molecular flexibility index (Phi) is 4.25. The van der Waals surface area contributed by atoms with Crippen LogP contribution in [0.3, 0.4) is 0 Å². The zero-order valence-corrected chi connectivity index (χ0v) is 17.5. The zero-order valence-electron chi connectivity index (χ0n) is 17.5. The first-order valence-electron chi connectivity index (χ1n) is 10.8. The Balaban J connectivity index is 1.67. The first kappa shape index (κ1) is 19.0. The Morgan fingerprint density at radius 3 is 1.25 bits per heavy atom. The van der Waals surface area contributed by atoms with Gasteiger partial charge in [0.1, 0.15) is 5.60 Å². The molecule has 0 aliphatic heterocycles. The van der Waals surface area contributed by atoms with E-state index in [1.165, 1.54) is 0 Å². The van der Waals surface area contributed by atoms with Crippen molar-refractivity contribution < 1.29 is 10.2 Å². The number of benzene rings is 6. The predicted octanol–water partition coefficient (Wildman–Crippen LogP) is 6.53. The number of fused-ring (bicyclic) bond motifs is 4. The van der Waals surface area contributed by atoms with Gasteiger partial charge in [0.2, 0.25) is 0 Å². The molecule has 0 heterocycles. The second kappa shape index (κ2) is 7.16. The Morgan fingerprint density at radius 1 is 0.469 bits per heavy atom. The van der Waals surface area contributed by atoms with Crippen LogP contribution in [-0.2, 0) is 5.60 Å². The number of aliphatic hydroxyl groups is 2. The van der Waals surface area contributed by atoms with Gasteiger partial charge in [-0.3, -0.25) is 0 Å². The van der Waals surface area contributed by atoms with Crippen LogP contribution in [0.1, 0.15) is 11.1 Å². The SMILES string of the molecule is OCC(O)(c1cccc2cc3ccccc3cc12)c1cccc2cc3ccccc3cc12. The minimum absolute atomic E-state index is 0.412. The van der Waals surface area contributed by atoms with Crippen LogP contribution in [-0.4, -0.2) is 16.8 Å². The maximum atomic E-state index is 12.1. The molecular weight excluding hydrogens is 392 g/mol. The van der Waals surface area contributed by atoms with Crippen LogP contribution >= 0.6 is 0 Å². The monoisotopic (exact) mass is 414 g/mol. The molecule has 0 spiro atoms. The van der Waals surface area contributed by atoms with Crippen LogP contribution in [0.25, 0.3) is 43.1 Å². The Hall–Kier alpha value is -3.72. The van der Waals surface area contributed by atoms with E-state index in [1.54, 1.807) is 0 Å². The largest absolute Gasteiger partial charge is 0.393 e. The maximum absolute atomic E-state index is 12.1. The fourth-order valence-electron chi connectivity index (χ4n) is 4.97. The van der Waals surface area contributed by atoms with Crippen molar-refractivity contribution in [2.75, 3.05) is 6.61 Å². The Bertz CT molecular complexity index is 1510. The maximum Gasteiger partial charge on any atom is 0.139 e. The lowest BCUT2D eigenvalue weighted by Gasteiger charge is -2.30. The molecule has 0 atom stereocenters. The molecule has 0 bridgehead atoms. The summed E-state index contributed by atoms with van der Waals surface area (Å²) < 4.78 is 0. The summed E-state index contributed by atoms with van der Waals surface area (Å²) in [5.41, 5.74) is -0.114. The lowest BCUT2D eigenvalue weighted by molar-refractivity contribution is 0.0197. The summed E-state index contributed by atoms with van der Waals surface area (Å²) in [6.45, 7) is -0.412. The molecule has 32 heavy (non-hydrogen) atoms. The lowest BCUT2D eigenvalue weighted by Crippen LogP contribution is -2.32. The van der Waals surface area contributed by atoms with Gasteiger partial charge in [-0.1, -0.05) is 84.9 Å². The molecule has 6 aromatic carbocycles. The van der Waals surface area contributed by atoms with Crippen molar-refractivity contribution in [1.82, 2.24) is 0 Å². The van der Waals surface area contributed by atoms with Gasteiger partial charge in [-0.05, 0) is 78.5 Å². The smallest absolute Gasteiger partial charge is 0.139 e. The van der Waals surface area contributed by atoms with E-state index in [9.17, 15) is 10.2 Å². The average molecular weight is 415 g/mol. The van der Waals surface area contributed by atoms with E-state index in [0.717, 1.165) is 43.1 Å². The summed E-state index contributed by atoms with van der Waals surface area (Å²) in [5, 5.41) is 31.1. The molecule has 0 aliphatic rings. The molecule has 2 nitrogen and oxygen atoms in total. The molecule has 0 saturated heterocycles. The molecule has 2 heteroatoms. The van der Waals surface area contributed by atoms with Crippen molar-refractivity contribution >= 4 is 43.1 Å². The first-order chi connectivity index (χ1) is 15.7. The van der Waals surface area contributed by atoms with Crippen molar-refractivity contribution in [3.05, 3.63) is 120 Å². The number of aliphatic hydroxyl groups excluding tert-OH is 1. The Morgan fingerprint density at radius 2 is 0.844 bits per heavy atom. The summed E-state index contributed by atoms with van der Waals surface area (Å²) in [5.74, 6) is 0. The normalized spacial score (nSPS) is 12.2. The highest BCUT2D eigenvalue weighted by molar-refractivity contribution is 6.02. The summed E-state index contributed by atoms with van der Waals surface area (Å²) in [7, 11) is 0. The summed E-state index contributed by atoms with van der Waals surface area (Å²) in [4.78, 5) is 0. The van der Waals surface area contributed by atoms with Gasteiger partial charge in [0, 0.05) is 0 Å². The molecule has 0 saturated carbocycles. The number of hydrogen-bond acceptors (Lipinski definition) is 2. The van der Waals surface area contributed by atoms with Gasteiger partial charge in [-0.15, -0.1) is 0 Å². The van der Waals surface area contributed by atoms with Crippen LogP contribution in [0.15, 0.2) is 109 Å². The third kappa shape index (κ3) is 2.81. The quantitative estimate of drug-likeness (QED) is 0.323. The van der Waals surface area contributed by atoms with Crippen molar-refractivity contribution in [3.63, 3.8) is 0 Å². The third-order valence-electron chi connectivity index (χ3n) is 6.61. The molecule has 6 rings (SSSR count). The average Bonchev–Trinajstić information content (AvgIpc) is 2.85. The number of hydrogen-bond donors (Lipinski definition) is 2.